The number of hydrogen-bond donors (Lipinski definition) is 0. The average Bonchev–Trinajstić information content (AvgIpc) is 3.11. The molecule has 0 spiro atoms. The lowest BCUT2D eigenvalue weighted by Crippen LogP contribution is -2.47. The van der Waals surface area contributed by atoms with Gasteiger partial charge >= 0.3 is 0 Å². The van der Waals surface area contributed by atoms with E-state index in [9.17, 15) is 4.79 Å². The Morgan fingerprint density at radius 2 is 1.69 bits per heavy atom. The third-order valence-electron chi connectivity index (χ3n) is 4.84. The van der Waals surface area contributed by atoms with Gasteiger partial charge in [0, 0.05) is 36.9 Å². The summed E-state index contributed by atoms with van der Waals surface area (Å²) in [6.07, 6.45) is 1.89. The monoisotopic (exact) mass is 427 g/mol. The number of ether oxygens (including phenoxy) is 1. The fraction of sp³-hybridized carbons (Fsp3) is 0.273. The van der Waals surface area contributed by atoms with E-state index in [1.807, 2.05) is 61.5 Å². The lowest BCUT2D eigenvalue weighted by atomic mass is 10.2. The largest absolute Gasteiger partial charge is 0.494 e. The van der Waals surface area contributed by atoms with Crippen LogP contribution in [0.3, 0.4) is 0 Å². The lowest BCUT2D eigenvalue weighted by Gasteiger charge is -2.36. The predicted octanol–water partition coefficient (Wildman–Crippen LogP) is 4.53. The van der Waals surface area contributed by atoms with Gasteiger partial charge in [0.25, 0.3) is 5.91 Å². The standard InChI is InChI=1S/C22H22ClN3O2S/c1-2-28-19-9-3-16(4-10-19)15-20-21(27)24-22(29-20)26-13-11-25(12-14-26)18-7-5-17(23)6-8-18/h3-10,15H,2,11-14H2,1H3. The number of carbonyl (C=O) groups excluding carboxylic acids is 1. The molecule has 0 bridgehead atoms. The van der Waals surface area contributed by atoms with Crippen LogP contribution in [0.1, 0.15) is 12.5 Å². The smallest absolute Gasteiger partial charge is 0.286 e. The molecule has 2 aliphatic heterocycles. The molecule has 150 valence electrons. The fourth-order valence-electron chi connectivity index (χ4n) is 3.32. The molecule has 5 nitrogen and oxygen atoms in total. The van der Waals surface area contributed by atoms with Crippen LogP contribution in [0.5, 0.6) is 5.75 Å². The zero-order valence-corrected chi connectivity index (χ0v) is 17.7. The Morgan fingerprint density at radius 3 is 2.34 bits per heavy atom. The summed E-state index contributed by atoms with van der Waals surface area (Å²) in [6.45, 7) is 6.02. The van der Waals surface area contributed by atoms with Crippen LogP contribution in [0.4, 0.5) is 5.69 Å². The molecule has 1 fully saturated rings. The van der Waals surface area contributed by atoms with Gasteiger partial charge in [-0.3, -0.25) is 4.79 Å². The minimum Gasteiger partial charge on any atom is -0.494 e. The van der Waals surface area contributed by atoms with Crippen LogP contribution < -0.4 is 9.64 Å². The highest BCUT2D eigenvalue weighted by atomic mass is 35.5. The first-order chi connectivity index (χ1) is 14.1. The Kier molecular flexibility index (Phi) is 6.11. The molecule has 1 amide bonds. The van der Waals surface area contributed by atoms with E-state index in [1.54, 1.807) is 0 Å². The van der Waals surface area contributed by atoms with Crippen LogP contribution in [0.25, 0.3) is 6.08 Å². The van der Waals surface area contributed by atoms with Gasteiger partial charge in [-0.2, -0.15) is 4.99 Å². The summed E-state index contributed by atoms with van der Waals surface area (Å²) < 4.78 is 5.46. The first kappa shape index (κ1) is 19.9. The SMILES string of the molecule is CCOc1ccc(C=C2SC(N3CCN(c4ccc(Cl)cc4)CC3)=NC2=O)cc1. The molecule has 0 atom stereocenters. The zero-order chi connectivity index (χ0) is 20.2. The van der Waals surface area contributed by atoms with E-state index in [4.69, 9.17) is 16.3 Å². The van der Waals surface area contributed by atoms with Crippen molar-refractivity contribution >= 4 is 46.2 Å². The van der Waals surface area contributed by atoms with Gasteiger partial charge in [0.05, 0.1) is 11.5 Å². The Bertz CT molecular complexity index is 934. The minimum atomic E-state index is -0.168. The number of amides is 1. The molecular formula is C22H22ClN3O2S. The molecule has 4 rings (SSSR count). The molecule has 2 aliphatic rings. The normalized spacial score (nSPS) is 18.3. The number of anilines is 1. The Hall–Kier alpha value is -2.44. The number of thioether (sulfide) groups is 1. The fourth-order valence-corrected chi connectivity index (χ4v) is 4.41. The van der Waals surface area contributed by atoms with Crippen LogP contribution in [0, 0.1) is 0 Å². The second-order valence-corrected chi connectivity index (χ2v) is 8.21. The summed E-state index contributed by atoms with van der Waals surface area (Å²) >= 11 is 7.43. The quantitative estimate of drug-likeness (QED) is 0.671. The van der Waals surface area contributed by atoms with E-state index in [0.29, 0.717) is 11.5 Å². The number of piperazine rings is 1. The molecule has 0 unspecified atom stereocenters. The zero-order valence-electron chi connectivity index (χ0n) is 16.2. The third kappa shape index (κ3) is 4.77. The summed E-state index contributed by atoms with van der Waals surface area (Å²) in [6, 6.07) is 15.6. The third-order valence-corrected chi connectivity index (χ3v) is 6.14. The van der Waals surface area contributed by atoms with Crippen molar-refractivity contribution in [1.29, 1.82) is 0 Å². The van der Waals surface area contributed by atoms with Gasteiger partial charge in [0.1, 0.15) is 5.75 Å². The van der Waals surface area contributed by atoms with Crippen LogP contribution >= 0.6 is 23.4 Å². The molecule has 0 aromatic heterocycles. The number of aliphatic imine (C=N–C) groups is 1. The molecule has 29 heavy (non-hydrogen) atoms. The number of rotatable bonds is 4. The Balaban J connectivity index is 1.36. The van der Waals surface area contributed by atoms with Crippen molar-refractivity contribution in [3.05, 3.63) is 64.0 Å². The van der Waals surface area contributed by atoms with Crippen molar-refractivity contribution in [1.82, 2.24) is 4.90 Å². The van der Waals surface area contributed by atoms with Gasteiger partial charge < -0.3 is 14.5 Å². The molecule has 1 saturated heterocycles. The van der Waals surface area contributed by atoms with E-state index >= 15 is 0 Å². The summed E-state index contributed by atoms with van der Waals surface area (Å²) in [4.78, 5) is 21.8. The van der Waals surface area contributed by atoms with E-state index in [0.717, 1.165) is 47.7 Å². The topological polar surface area (TPSA) is 45.1 Å². The summed E-state index contributed by atoms with van der Waals surface area (Å²) in [7, 11) is 0. The first-order valence-electron chi connectivity index (χ1n) is 9.63. The van der Waals surface area contributed by atoms with Gasteiger partial charge in [-0.15, -0.1) is 0 Å². The van der Waals surface area contributed by atoms with Crippen molar-refractivity contribution in [2.24, 2.45) is 4.99 Å². The van der Waals surface area contributed by atoms with Gasteiger partial charge in [-0.1, -0.05) is 23.7 Å². The van der Waals surface area contributed by atoms with Gasteiger partial charge in [0.15, 0.2) is 5.17 Å². The Morgan fingerprint density at radius 1 is 1.03 bits per heavy atom. The van der Waals surface area contributed by atoms with Gasteiger partial charge in [-0.25, -0.2) is 0 Å². The van der Waals surface area contributed by atoms with E-state index in [-0.39, 0.29) is 5.91 Å². The number of hydrogen-bond acceptors (Lipinski definition) is 5. The van der Waals surface area contributed by atoms with Crippen LogP contribution in [-0.2, 0) is 4.79 Å². The van der Waals surface area contributed by atoms with Gasteiger partial charge in [-0.05, 0) is 66.7 Å². The van der Waals surface area contributed by atoms with Crippen molar-refractivity contribution in [3.8, 4) is 5.75 Å². The molecule has 2 aromatic rings. The Labute approximate surface area is 180 Å². The maximum absolute atomic E-state index is 12.4. The van der Waals surface area contributed by atoms with Crippen LogP contribution in [-0.4, -0.2) is 48.8 Å². The molecule has 0 radical (unpaired) electrons. The number of benzene rings is 2. The van der Waals surface area contributed by atoms with Gasteiger partial charge in [0.2, 0.25) is 0 Å². The molecule has 0 aliphatic carbocycles. The average molecular weight is 428 g/mol. The van der Waals surface area contributed by atoms with E-state index in [2.05, 4.69) is 14.8 Å². The summed E-state index contributed by atoms with van der Waals surface area (Å²) in [5, 5.41) is 1.54. The first-order valence-corrected chi connectivity index (χ1v) is 10.8. The summed E-state index contributed by atoms with van der Waals surface area (Å²) in [5.74, 6) is 0.662. The molecule has 0 N–H and O–H groups in total. The predicted molar refractivity (Wildman–Crippen MR) is 121 cm³/mol. The maximum Gasteiger partial charge on any atom is 0.286 e. The molecule has 2 heterocycles. The second kappa shape index (κ2) is 8.93. The number of amidine groups is 1. The van der Waals surface area contributed by atoms with Crippen LogP contribution in [0.15, 0.2) is 58.4 Å². The second-order valence-electron chi connectivity index (χ2n) is 6.76. The number of carbonyl (C=O) groups is 1. The van der Waals surface area contributed by atoms with Crippen molar-refractivity contribution in [2.45, 2.75) is 6.92 Å². The highest BCUT2D eigenvalue weighted by molar-refractivity contribution is 8.18. The minimum absolute atomic E-state index is 0.168. The van der Waals surface area contributed by atoms with Crippen molar-refractivity contribution < 1.29 is 9.53 Å². The number of nitrogens with zero attached hydrogens (tertiary/aromatic N) is 3. The molecule has 7 heteroatoms. The molecular weight excluding hydrogens is 406 g/mol. The van der Waals surface area contributed by atoms with Crippen molar-refractivity contribution in [2.75, 3.05) is 37.7 Å². The number of halogens is 1. The van der Waals surface area contributed by atoms with Crippen LogP contribution in [0.2, 0.25) is 5.02 Å². The summed E-state index contributed by atoms with van der Waals surface area (Å²) in [5.41, 5.74) is 2.13. The lowest BCUT2D eigenvalue weighted by molar-refractivity contribution is -0.113. The van der Waals surface area contributed by atoms with E-state index in [1.165, 1.54) is 17.4 Å². The maximum atomic E-state index is 12.4. The van der Waals surface area contributed by atoms with Crippen molar-refractivity contribution in [3.63, 3.8) is 0 Å². The highest BCUT2D eigenvalue weighted by Gasteiger charge is 2.28. The van der Waals surface area contributed by atoms with E-state index < -0.39 is 0 Å². The highest BCUT2D eigenvalue weighted by Crippen LogP contribution is 2.31. The molecule has 0 saturated carbocycles. The molecule has 2 aromatic carbocycles.